The lowest BCUT2D eigenvalue weighted by Gasteiger charge is -1.99. The van der Waals surface area contributed by atoms with Gasteiger partial charge in [-0.15, -0.1) is 11.3 Å². The molecule has 1 N–H and O–H groups in total. The lowest BCUT2D eigenvalue weighted by Crippen LogP contribution is -2.24. The molecule has 3 nitrogen and oxygen atoms in total. The van der Waals surface area contributed by atoms with Crippen LogP contribution >= 0.6 is 11.3 Å². The van der Waals surface area contributed by atoms with E-state index in [9.17, 15) is 9.18 Å². The zero-order valence-corrected chi connectivity index (χ0v) is 10.6. The zero-order chi connectivity index (χ0) is 13.2. The molecule has 0 fully saturated rings. The molecule has 1 aliphatic heterocycles. The normalized spacial score (nSPS) is 16.6. The number of amidine groups is 1. The number of amides is 1. The smallest absolute Gasteiger partial charge is 0.275 e. The van der Waals surface area contributed by atoms with Gasteiger partial charge in [0.25, 0.3) is 5.91 Å². The van der Waals surface area contributed by atoms with Crippen LogP contribution < -0.4 is 5.32 Å². The molecule has 2 aromatic rings. The molecule has 2 heterocycles. The summed E-state index contributed by atoms with van der Waals surface area (Å²) in [5, 5.41) is 4.57. The first-order valence-corrected chi connectivity index (χ1v) is 6.51. The number of nitrogens with zero attached hydrogens (tertiary/aromatic N) is 1. The third-order valence-electron chi connectivity index (χ3n) is 2.62. The van der Waals surface area contributed by atoms with Crippen LogP contribution in [0.5, 0.6) is 0 Å². The molecule has 0 saturated heterocycles. The van der Waals surface area contributed by atoms with Crippen molar-refractivity contribution >= 4 is 29.2 Å². The second kappa shape index (κ2) is 4.78. The van der Waals surface area contributed by atoms with Crippen molar-refractivity contribution < 1.29 is 9.18 Å². The molecule has 0 spiro atoms. The van der Waals surface area contributed by atoms with Crippen LogP contribution in [0.4, 0.5) is 4.39 Å². The number of carbonyl (C=O) groups is 1. The number of halogens is 1. The molecule has 1 aromatic carbocycles. The van der Waals surface area contributed by atoms with Crippen LogP contribution in [-0.2, 0) is 4.79 Å². The predicted molar refractivity (Wildman–Crippen MR) is 73.4 cm³/mol. The van der Waals surface area contributed by atoms with Crippen LogP contribution in [0, 0.1) is 5.82 Å². The fraction of sp³-hybridized carbons (Fsp3) is 0. The third-order valence-corrected chi connectivity index (χ3v) is 3.44. The molecule has 0 bridgehead atoms. The molecule has 0 saturated carbocycles. The van der Waals surface area contributed by atoms with E-state index in [1.807, 2.05) is 17.5 Å². The monoisotopic (exact) mass is 272 g/mol. The molecule has 1 aromatic heterocycles. The van der Waals surface area contributed by atoms with Crippen molar-refractivity contribution in [1.82, 2.24) is 5.32 Å². The van der Waals surface area contributed by atoms with Crippen molar-refractivity contribution in [2.45, 2.75) is 0 Å². The summed E-state index contributed by atoms with van der Waals surface area (Å²) in [5.41, 5.74) is 0.893. The summed E-state index contributed by atoms with van der Waals surface area (Å²) in [6, 6.07) is 9.79. The van der Waals surface area contributed by atoms with E-state index in [0.717, 1.165) is 4.88 Å². The Labute approximate surface area is 113 Å². The topological polar surface area (TPSA) is 41.5 Å². The van der Waals surface area contributed by atoms with Gasteiger partial charge in [0.15, 0.2) is 0 Å². The van der Waals surface area contributed by atoms with E-state index in [0.29, 0.717) is 17.1 Å². The second-order valence-corrected chi connectivity index (χ2v) is 4.95. The zero-order valence-electron chi connectivity index (χ0n) is 9.76. The summed E-state index contributed by atoms with van der Waals surface area (Å²) in [7, 11) is 0. The van der Waals surface area contributed by atoms with Gasteiger partial charge in [-0.05, 0) is 29.7 Å². The lowest BCUT2D eigenvalue weighted by molar-refractivity contribution is -0.115. The van der Waals surface area contributed by atoms with Crippen molar-refractivity contribution in [2.24, 2.45) is 4.99 Å². The first-order chi connectivity index (χ1) is 9.22. The molecule has 19 heavy (non-hydrogen) atoms. The maximum Gasteiger partial charge on any atom is 0.275 e. The van der Waals surface area contributed by atoms with Crippen molar-refractivity contribution in [3.8, 4) is 0 Å². The Morgan fingerprint density at radius 1 is 1.26 bits per heavy atom. The van der Waals surface area contributed by atoms with Gasteiger partial charge < -0.3 is 5.32 Å². The minimum Gasteiger partial charge on any atom is -0.305 e. The van der Waals surface area contributed by atoms with Gasteiger partial charge in [0, 0.05) is 10.4 Å². The van der Waals surface area contributed by atoms with E-state index in [2.05, 4.69) is 10.3 Å². The molecular formula is C14H9FN2OS. The Bertz CT molecular complexity index is 689. The van der Waals surface area contributed by atoms with Gasteiger partial charge in [0.1, 0.15) is 17.3 Å². The average Bonchev–Trinajstić information content (AvgIpc) is 3.01. The van der Waals surface area contributed by atoms with E-state index < -0.39 is 0 Å². The second-order valence-electron chi connectivity index (χ2n) is 3.97. The quantitative estimate of drug-likeness (QED) is 0.839. The number of hydrogen-bond donors (Lipinski definition) is 1. The first-order valence-electron chi connectivity index (χ1n) is 5.63. The minimum absolute atomic E-state index is 0.271. The maximum absolute atomic E-state index is 13.1. The van der Waals surface area contributed by atoms with Crippen LogP contribution in [0.3, 0.4) is 0 Å². The number of benzene rings is 1. The summed E-state index contributed by atoms with van der Waals surface area (Å²) in [6.45, 7) is 0. The third kappa shape index (κ3) is 2.46. The van der Waals surface area contributed by atoms with E-state index in [1.54, 1.807) is 18.2 Å². The SMILES string of the molecule is O=C1NC(c2cccc(F)c2)=N/C1=C/c1cccs1. The summed E-state index contributed by atoms with van der Waals surface area (Å²) < 4.78 is 13.1. The number of nitrogens with one attached hydrogen (secondary N) is 1. The molecule has 0 atom stereocenters. The van der Waals surface area contributed by atoms with E-state index in [4.69, 9.17) is 0 Å². The standard InChI is InChI=1S/C14H9FN2OS/c15-10-4-1-3-9(7-10)13-16-12(14(18)17-13)8-11-5-2-6-19-11/h1-8H,(H,16,17,18)/b12-8+. The fourth-order valence-corrected chi connectivity index (χ4v) is 2.40. The van der Waals surface area contributed by atoms with Crippen LogP contribution in [0.25, 0.3) is 6.08 Å². The highest BCUT2D eigenvalue weighted by atomic mass is 32.1. The fourth-order valence-electron chi connectivity index (χ4n) is 1.75. The predicted octanol–water partition coefficient (Wildman–Crippen LogP) is 2.80. The highest BCUT2D eigenvalue weighted by Crippen LogP contribution is 2.18. The number of hydrogen-bond acceptors (Lipinski definition) is 3. The number of carbonyl (C=O) groups excluding carboxylic acids is 1. The molecule has 94 valence electrons. The molecule has 0 unspecified atom stereocenters. The van der Waals surface area contributed by atoms with Crippen molar-refractivity contribution in [2.75, 3.05) is 0 Å². The van der Waals surface area contributed by atoms with Crippen molar-refractivity contribution in [1.29, 1.82) is 0 Å². The van der Waals surface area contributed by atoms with Crippen LogP contribution in [0.2, 0.25) is 0 Å². The summed E-state index contributed by atoms with van der Waals surface area (Å²) >= 11 is 1.53. The van der Waals surface area contributed by atoms with Gasteiger partial charge in [0.2, 0.25) is 0 Å². The Morgan fingerprint density at radius 3 is 2.89 bits per heavy atom. The molecule has 3 rings (SSSR count). The van der Waals surface area contributed by atoms with E-state index in [-0.39, 0.29) is 11.7 Å². The lowest BCUT2D eigenvalue weighted by atomic mass is 10.2. The van der Waals surface area contributed by atoms with Gasteiger partial charge in [-0.1, -0.05) is 18.2 Å². The van der Waals surface area contributed by atoms with Gasteiger partial charge >= 0.3 is 0 Å². The Balaban J connectivity index is 1.95. The van der Waals surface area contributed by atoms with Gasteiger partial charge in [-0.25, -0.2) is 9.38 Å². The average molecular weight is 272 g/mol. The molecule has 1 amide bonds. The summed E-state index contributed by atoms with van der Waals surface area (Å²) in [5.74, 6) is -0.245. The molecule has 5 heteroatoms. The van der Waals surface area contributed by atoms with E-state index in [1.165, 1.54) is 23.5 Å². The summed E-state index contributed by atoms with van der Waals surface area (Å²) in [4.78, 5) is 17.0. The highest BCUT2D eigenvalue weighted by molar-refractivity contribution is 7.10. The van der Waals surface area contributed by atoms with Crippen molar-refractivity contribution in [3.63, 3.8) is 0 Å². The van der Waals surface area contributed by atoms with Crippen molar-refractivity contribution in [3.05, 3.63) is 63.7 Å². The largest absolute Gasteiger partial charge is 0.305 e. The highest BCUT2D eigenvalue weighted by Gasteiger charge is 2.21. The number of rotatable bonds is 2. The van der Waals surface area contributed by atoms with Crippen LogP contribution in [0.1, 0.15) is 10.4 Å². The Hall–Kier alpha value is -2.27. The first kappa shape index (κ1) is 11.8. The van der Waals surface area contributed by atoms with Crippen LogP contribution in [0.15, 0.2) is 52.5 Å². The summed E-state index contributed by atoms with van der Waals surface area (Å²) in [6.07, 6.45) is 1.71. The molecule has 0 aliphatic carbocycles. The van der Waals surface area contributed by atoms with Gasteiger partial charge in [-0.3, -0.25) is 4.79 Å². The molecule has 0 radical (unpaired) electrons. The van der Waals surface area contributed by atoms with Gasteiger partial charge in [-0.2, -0.15) is 0 Å². The molecule has 1 aliphatic rings. The van der Waals surface area contributed by atoms with Gasteiger partial charge in [0.05, 0.1) is 0 Å². The minimum atomic E-state index is -0.356. The van der Waals surface area contributed by atoms with E-state index >= 15 is 0 Å². The Morgan fingerprint density at radius 2 is 2.16 bits per heavy atom. The molecular weight excluding hydrogens is 263 g/mol. The maximum atomic E-state index is 13.1. The van der Waals surface area contributed by atoms with Crippen LogP contribution in [-0.4, -0.2) is 11.7 Å². The number of thiophene rings is 1. The Kier molecular flexibility index (Phi) is 2.97. The number of aliphatic imine (C=N–C) groups is 1.